The van der Waals surface area contributed by atoms with Gasteiger partial charge in [0.15, 0.2) is 0 Å². The molecule has 106 valence electrons. The molecule has 0 spiro atoms. The summed E-state index contributed by atoms with van der Waals surface area (Å²) >= 11 is 0. The molecule has 0 aliphatic rings. The van der Waals surface area contributed by atoms with Crippen LogP contribution in [-0.4, -0.2) is 16.3 Å². The Labute approximate surface area is 112 Å². The number of ether oxygens (including phenoxy) is 2. The molecule has 0 saturated carbocycles. The Morgan fingerprint density at radius 2 is 1.70 bits per heavy atom. The molecule has 20 heavy (non-hydrogen) atoms. The summed E-state index contributed by atoms with van der Waals surface area (Å²) in [4.78, 5) is 7.66. The topological polar surface area (TPSA) is 70.3 Å². The fraction of sp³-hybridized carbons (Fsp3) is 0.167. The number of benzene rings is 1. The maximum atomic E-state index is 12.0. The van der Waals surface area contributed by atoms with E-state index in [0.717, 1.165) is 12.1 Å². The van der Waals surface area contributed by atoms with Crippen molar-refractivity contribution in [2.45, 2.75) is 13.3 Å². The van der Waals surface area contributed by atoms with E-state index in [-0.39, 0.29) is 17.6 Å². The van der Waals surface area contributed by atoms with Crippen molar-refractivity contribution in [1.82, 2.24) is 9.97 Å². The lowest BCUT2D eigenvalue weighted by Gasteiger charge is -2.10. The van der Waals surface area contributed by atoms with E-state index >= 15 is 0 Å². The average molecular weight is 285 g/mol. The molecule has 2 rings (SSSR count). The van der Waals surface area contributed by atoms with Crippen LogP contribution < -0.4 is 15.2 Å². The average Bonchev–Trinajstić information content (AvgIpc) is 2.34. The highest BCUT2D eigenvalue weighted by atomic mass is 19.4. The lowest BCUT2D eigenvalue weighted by molar-refractivity contribution is -0.274. The molecule has 0 amide bonds. The van der Waals surface area contributed by atoms with E-state index in [1.54, 1.807) is 6.92 Å². The highest BCUT2D eigenvalue weighted by Crippen LogP contribution is 2.27. The zero-order valence-electron chi connectivity index (χ0n) is 10.3. The van der Waals surface area contributed by atoms with Crippen molar-refractivity contribution >= 4 is 5.95 Å². The first-order valence-electron chi connectivity index (χ1n) is 5.46. The van der Waals surface area contributed by atoms with Gasteiger partial charge in [-0.15, -0.1) is 13.2 Å². The summed E-state index contributed by atoms with van der Waals surface area (Å²) in [7, 11) is 0. The number of rotatable bonds is 3. The zero-order valence-corrected chi connectivity index (χ0v) is 10.3. The first kappa shape index (κ1) is 13.9. The fourth-order valence-electron chi connectivity index (χ4n) is 1.36. The molecular formula is C12H10F3N3O2. The highest BCUT2D eigenvalue weighted by Gasteiger charge is 2.30. The minimum atomic E-state index is -4.72. The molecule has 0 fully saturated rings. The van der Waals surface area contributed by atoms with Crippen LogP contribution in [0.5, 0.6) is 17.4 Å². The molecule has 0 aliphatic carbocycles. The van der Waals surface area contributed by atoms with E-state index < -0.39 is 6.36 Å². The Bertz CT molecular complexity index is 600. The number of nitrogens with two attached hydrogens (primary N) is 1. The minimum absolute atomic E-state index is 0.0441. The maximum Gasteiger partial charge on any atom is 0.573 e. The second-order valence-electron chi connectivity index (χ2n) is 3.84. The van der Waals surface area contributed by atoms with E-state index in [1.807, 2.05) is 0 Å². The molecule has 1 aromatic heterocycles. The second kappa shape index (κ2) is 5.24. The number of alkyl halides is 3. The highest BCUT2D eigenvalue weighted by molar-refractivity contribution is 5.36. The fourth-order valence-corrected chi connectivity index (χ4v) is 1.36. The van der Waals surface area contributed by atoms with Crippen LogP contribution in [0.15, 0.2) is 30.5 Å². The summed E-state index contributed by atoms with van der Waals surface area (Å²) in [5, 5.41) is 0. The third-order valence-corrected chi connectivity index (χ3v) is 2.22. The summed E-state index contributed by atoms with van der Waals surface area (Å²) in [6.45, 7) is 1.72. The number of nitrogen functional groups attached to an aromatic ring is 1. The molecule has 2 aromatic rings. The van der Waals surface area contributed by atoms with Gasteiger partial charge in [0.25, 0.3) is 0 Å². The summed E-state index contributed by atoms with van der Waals surface area (Å²) in [6, 6.07) is 4.95. The predicted molar refractivity (Wildman–Crippen MR) is 64.4 cm³/mol. The van der Waals surface area contributed by atoms with Crippen LogP contribution in [0, 0.1) is 6.92 Å². The molecule has 0 saturated heterocycles. The van der Waals surface area contributed by atoms with Gasteiger partial charge >= 0.3 is 6.36 Å². The van der Waals surface area contributed by atoms with Crippen LogP contribution in [0.2, 0.25) is 0 Å². The van der Waals surface area contributed by atoms with Gasteiger partial charge in [-0.3, -0.25) is 0 Å². The van der Waals surface area contributed by atoms with Crippen molar-refractivity contribution in [3.05, 3.63) is 36.0 Å². The normalized spacial score (nSPS) is 11.2. The van der Waals surface area contributed by atoms with Crippen LogP contribution in [0.4, 0.5) is 19.1 Å². The number of nitrogens with zero attached hydrogens (tertiary/aromatic N) is 2. The number of halogens is 3. The van der Waals surface area contributed by atoms with Crippen molar-refractivity contribution in [3.63, 3.8) is 0 Å². The van der Waals surface area contributed by atoms with Crippen LogP contribution in [0.25, 0.3) is 0 Å². The van der Waals surface area contributed by atoms with Gasteiger partial charge in [0.2, 0.25) is 11.8 Å². The van der Waals surface area contributed by atoms with Crippen LogP contribution in [0.3, 0.4) is 0 Å². The maximum absolute atomic E-state index is 12.0. The lowest BCUT2D eigenvalue weighted by Crippen LogP contribution is -2.16. The molecule has 0 radical (unpaired) electrons. The van der Waals surface area contributed by atoms with Gasteiger partial charge in [0.05, 0.1) is 0 Å². The van der Waals surface area contributed by atoms with Gasteiger partial charge in [-0.2, -0.15) is 4.98 Å². The number of anilines is 1. The number of hydrogen-bond acceptors (Lipinski definition) is 5. The number of aryl methyl sites for hydroxylation is 1. The summed E-state index contributed by atoms with van der Waals surface area (Å²) in [5.74, 6) is 0.258. The van der Waals surface area contributed by atoms with E-state index in [2.05, 4.69) is 14.7 Å². The van der Waals surface area contributed by atoms with E-state index in [1.165, 1.54) is 18.3 Å². The first-order valence-corrected chi connectivity index (χ1v) is 5.46. The van der Waals surface area contributed by atoms with Crippen molar-refractivity contribution in [2.24, 2.45) is 0 Å². The lowest BCUT2D eigenvalue weighted by atomic mass is 10.3. The molecular weight excluding hydrogens is 275 g/mol. The Balaban J connectivity index is 2.13. The van der Waals surface area contributed by atoms with Crippen molar-refractivity contribution in [2.75, 3.05) is 5.73 Å². The summed E-state index contributed by atoms with van der Waals surface area (Å²) < 4.78 is 45.2. The van der Waals surface area contributed by atoms with Gasteiger partial charge in [-0.05, 0) is 31.2 Å². The van der Waals surface area contributed by atoms with Gasteiger partial charge in [-0.1, -0.05) is 0 Å². The van der Waals surface area contributed by atoms with Crippen molar-refractivity contribution in [3.8, 4) is 17.4 Å². The van der Waals surface area contributed by atoms with Crippen LogP contribution in [-0.2, 0) is 0 Å². The van der Waals surface area contributed by atoms with Gasteiger partial charge in [-0.25, -0.2) is 4.98 Å². The second-order valence-corrected chi connectivity index (χ2v) is 3.84. The molecule has 1 aromatic carbocycles. The molecule has 5 nitrogen and oxygen atoms in total. The zero-order chi connectivity index (χ0) is 14.8. The number of hydrogen-bond donors (Lipinski definition) is 1. The molecule has 0 aliphatic heterocycles. The Kier molecular flexibility index (Phi) is 3.64. The monoisotopic (exact) mass is 285 g/mol. The Hall–Kier alpha value is -2.51. The van der Waals surface area contributed by atoms with Gasteiger partial charge < -0.3 is 15.2 Å². The van der Waals surface area contributed by atoms with Gasteiger partial charge in [0.1, 0.15) is 11.5 Å². The largest absolute Gasteiger partial charge is 0.573 e. The van der Waals surface area contributed by atoms with E-state index in [9.17, 15) is 13.2 Å². The molecule has 1 heterocycles. The first-order chi connectivity index (χ1) is 9.33. The third kappa shape index (κ3) is 3.74. The molecule has 8 heteroatoms. The third-order valence-electron chi connectivity index (χ3n) is 2.22. The van der Waals surface area contributed by atoms with Gasteiger partial charge in [0, 0.05) is 11.8 Å². The van der Waals surface area contributed by atoms with E-state index in [0.29, 0.717) is 11.3 Å². The quantitative estimate of drug-likeness (QED) is 0.938. The predicted octanol–water partition coefficient (Wildman–Crippen LogP) is 3.06. The van der Waals surface area contributed by atoms with E-state index in [4.69, 9.17) is 10.5 Å². The van der Waals surface area contributed by atoms with Crippen LogP contribution in [0.1, 0.15) is 5.56 Å². The summed E-state index contributed by atoms with van der Waals surface area (Å²) in [5.41, 5.74) is 6.08. The molecule has 0 unspecified atom stereocenters. The number of aromatic nitrogens is 2. The van der Waals surface area contributed by atoms with Crippen molar-refractivity contribution < 1.29 is 22.6 Å². The Morgan fingerprint density at radius 1 is 1.10 bits per heavy atom. The standard InChI is InChI=1S/C12H10F3N3O2/c1-7-6-17-11(16)18-10(7)19-8-2-4-9(5-3-8)20-12(13,14)15/h2-6H,1H3,(H2,16,17,18). The summed E-state index contributed by atoms with van der Waals surface area (Å²) in [6.07, 6.45) is -3.24. The minimum Gasteiger partial charge on any atom is -0.439 e. The molecule has 0 atom stereocenters. The smallest absolute Gasteiger partial charge is 0.439 e. The molecule has 2 N–H and O–H groups in total. The molecule has 0 bridgehead atoms. The SMILES string of the molecule is Cc1cnc(N)nc1Oc1ccc(OC(F)(F)F)cc1. The van der Waals surface area contributed by atoms with Crippen molar-refractivity contribution in [1.29, 1.82) is 0 Å². The van der Waals surface area contributed by atoms with Crippen LogP contribution >= 0.6 is 0 Å². The Morgan fingerprint density at radius 3 is 2.30 bits per heavy atom.